The normalized spacial score (nSPS) is 11.6. The van der Waals surface area contributed by atoms with Crippen molar-refractivity contribution >= 4 is 45.6 Å². The number of hydrogen-bond donors (Lipinski definition) is 0. The molecule has 0 amide bonds. The molecule has 0 aliphatic carbocycles. The maximum Gasteiger partial charge on any atom is 0.127 e. The zero-order chi connectivity index (χ0) is 18.7. The molecular formula is C22H17Cl2NO. The smallest absolute Gasteiger partial charge is 0.127 e. The molecule has 3 rings (SSSR count). The van der Waals surface area contributed by atoms with Gasteiger partial charge in [0.2, 0.25) is 0 Å². The molecule has 0 spiro atoms. The molecule has 130 valence electrons. The van der Waals surface area contributed by atoms with Crippen LogP contribution in [-0.2, 0) is 0 Å². The summed E-state index contributed by atoms with van der Waals surface area (Å²) >= 11 is 12.1. The first-order valence-electron chi connectivity index (χ1n) is 8.25. The van der Waals surface area contributed by atoms with Crippen molar-refractivity contribution in [3.05, 3.63) is 75.8 Å². The van der Waals surface area contributed by atoms with Crippen LogP contribution in [0.2, 0.25) is 10.0 Å². The van der Waals surface area contributed by atoms with Crippen LogP contribution in [0.5, 0.6) is 5.75 Å². The Hall–Kier alpha value is -2.47. The first-order chi connectivity index (χ1) is 12.5. The number of halogens is 2. The average molecular weight is 382 g/mol. The van der Waals surface area contributed by atoms with E-state index in [0.29, 0.717) is 21.2 Å². The highest BCUT2D eigenvalue weighted by molar-refractivity contribution is 6.42. The number of ether oxygens (including phenoxy) is 1. The molecule has 2 nitrogen and oxygen atoms in total. The van der Waals surface area contributed by atoms with E-state index in [4.69, 9.17) is 27.9 Å². The molecule has 0 fully saturated rings. The molecule has 0 N–H and O–H groups in total. The van der Waals surface area contributed by atoms with Crippen LogP contribution in [0, 0.1) is 11.3 Å². The number of benzene rings is 3. The Labute approximate surface area is 163 Å². The topological polar surface area (TPSA) is 33.0 Å². The lowest BCUT2D eigenvalue weighted by Gasteiger charge is -2.15. The minimum atomic E-state index is 0.0267. The molecule has 0 unspecified atom stereocenters. The second-order valence-corrected chi connectivity index (χ2v) is 6.98. The zero-order valence-electron chi connectivity index (χ0n) is 14.5. The fourth-order valence-electron chi connectivity index (χ4n) is 2.77. The van der Waals surface area contributed by atoms with Crippen LogP contribution >= 0.6 is 23.2 Å². The van der Waals surface area contributed by atoms with E-state index in [0.717, 1.165) is 22.1 Å². The van der Waals surface area contributed by atoms with Crippen LogP contribution in [0.25, 0.3) is 22.4 Å². The van der Waals surface area contributed by atoms with E-state index in [-0.39, 0.29) is 6.10 Å². The standard InChI is InChI=1S/C22H17Cl2NO/c1-14(2)26-22-10-8-15-5-3-4-6-18(15)19(22)11-17(13-25)16-7-9-20(23)21(24)12-16/h3-12,14H,1-2H3/b17-11+. The maximum absolute atomic E-state index is 9.71. The average Bonchev–Trinajstić information content (AvgIpc) is 2.63. The van der Waals surface area contributed by atoms with Crippen molar-refractivity contribution in [3.63, 3.8) is 0 Å². The highest BCUT2D eigenvalue weighted by Crippen LogP contribution is 2.33. The van der Waals surface area contributed by atoms with Crippen LogP contribution in [0.15, 0.2) is 54.6 Å². The molecule has 0 heterocycles. The maximum atomic E-state index is 9.71. The summed E-state index contributed by atoms with van der Waals surface area (Å²) in [6.45, 7) is 3.96. The van der Waals surface area contributed by atoms with Crippen molar-refractivity contribution in [1.29, 1.82) is 5.26 Å². The van der Waals surface area contributed by atoms with Crippen LogP contribution in [0.4, 0.5) is 0 Å². The van der Waals surface area contributed by atoms with Crippen molar-refractivity contribution in [2.24, 2.45) is 0 Å². The van der Waals surface area contributed by atoms with Gasteiger partial charge >= 0.3 is 0 Å². The summed E-state index contributed by atoms with van der Waals surface area (Å²) < 4.78 is 5.98. The summed E-state index contributed by atoms with van der Waals surface area (Å²) in [5, 5.41) is 12.7. The predicted molar refractivity (Wildman–Crippen MR) is 110 cm³/mol. The van der Waals surface area contributed by atoms with Crippen molar-refractivity contribution in [2.45, 2.75) is 20.0 Å². The number of hydrogen-bond acceptors (Lipinski definition) is 2. The minimum Gasteiger partial charge on any atom is -0.490 e. The van der Waals surface area contributed by atoms with E-state index >= 15 is 0 Å². The third-order valence-corrected chi connectivity index (χ3v) is 4.67. The van der Waals surface area contributed by atoms with Crippen LogP contribution in [-0.4, -0.2) is 6.10 Å². The fourth-order valence-corrected chi connectivity index (χ4v) is 3.07. The van der Waals surface area contributed by atoms with Crippen molar-refractivity contribution < 1.29 is 4.74 Å². The molecule has 0 saturated heterocycles. The molecule has 0 saturated carbocycles. The van der Waals surface area contributed by atoms with Crippen molar-refractivity contribution in [2.75, 3.05) is 0 Å². The second-order valence-electron chi connectivity index (χ2n) is 6.16. The van der Waals surface area contributed by atoms with Gasteiger partial charge in [0.25, 0.3) is 0 Å². The number of rotatable bonds is 4. The summed E-state index contributed by atoms with van der Waals surface area (Å²) in [5.41, 5.74) is 2.08. The van der Waals surface area contributed by atoms with E-state index in [1.165, 1.54) is 0 Å². The highest BCUT2D eigenvalue weighted by Gasteiger charge is 2.11. The highest BCUT2D eigenvalue weighted by atomic mass is 35.5. The molecule has 0 radical (unpaired) electrons. The summed E-state index contributed by atoms with van der Waals surface area (Å²) in [5.74, 6) is 0.742. The second kappa shape index (κ2) is 7.83. The molecule has 0 atom stereocenters. The molecule has 4 heteroatoms. The Morgan fingerprint density at radius 2 is 1.81 bits per heavy atom. The molecule has 26 heavy (non-hydrogen) atoms. The van der Waals surface area contributed by atoms with E-state index in [9.17, 15) is 5.26 Å². The van der Waals surface area contributed by atoms with Crippen molar-refractivity contribution in [3.8, 4) is 11.8 Å². The van der Waals surface area contributed by atoms with Gasteiger partial charge in [-0.25, -0.2) is 0 Å². The van der Waals surface area contributed by atoms with Crippen LogP contribution < -0.4 is 4.74 Å². The van der Waals surface area contributed by atoms with Gasteiger partial charge in [-0.3, -0.25) is 0 Å². The van der Waals surface area contributed by atoms with Crippen LogP contribution in [0.3, 0.4) is 0 Å². The van der Waals surface area contributed by atoms with Gasteiger partial charge in [-0.1, -0.05) is 59.6 Å². The molecule has 0 bridgehead atoms. The molecular weight excluding hydrogens is 365 g/mol. The molecule has 3 aromatic rings. The Bertz CT molecular complexity index is 1030. The van der Waals surface area contributed by atoms with Gasteiger partial charge in [-0.05, 0) is 54.5 Å². The third kappa shape index (κ3) is 3.85. The van der Waals surface area contributed by atoms with Gasteiger partial charge in [0.1, 0.15) is 5.75 Å². The summed E-state index contributed by atoms with van der Waals surface area (Å²) in [7, 11) is 0. The number of allylic oxidation sites excluding steroid dienone is 1. The Morgan fingerprint density at radius 3 is 2.50 bits per heavy atom. The lowest BCUT2D eigenvalue weighted by molar-refractivity contribution is 0.242. The molecule has 0 aliphatic rings. The summed E-state index contributed by atoms with van der Waals surface area (Å²) in [6.07, 6.45) is 1.87. The number of nitriles is 1. The first-order valence-corrected chi connectivity index (χ1v) is 9.01. The molecule has 3 aromatic carbocycles. The van der Waals surface area contributed by atoms with E-state index in [1.54, 1.807) is 18.2 Å². The summed E-state index contributed by atoms with van der Waals surface area (Å²) in [6, 6.07) is 19.4. The molecule has 0 aromatic heterocycles. The van der Waals surface area contributed by atoms with Gasteiger partial charge in [-0.2, -0.15) is 5.26 Å². The van der Waals surface area contributed by atoms with Crippen LogP contribution in [0.1, 0.15) is 25.0 Å². The summed E-state index contributed by atoms with van der Waals surface area (Å²) in [4.78, 5) is 0. The Balaban J connectivity index is 2.22. The Morgan fingerprint density at radius 1 is 1.04 bits per heavy atom. The van der Waals surface area contributed by atoms with Crippen molar-refractivity contribution in [1.82, 2.24) is 0 Å². The number of nitrogens with zero attached hydrogens (tertiary/aromatic N) is 1. The molecule has 0 aliphatic heterocycles. The van der Waals surface area contributed by atoms with Gasteiger partial charge in [0.15, 0.2) is 0 Å². The minimum absolute atomic E-state index is 0.0267. The van der Waals surface area contributed by atoms with E-state index in [1.807, 2.05) is 56.3 Å². The predicted octanol–water partition coefficient (Wildman–Crippen LogP) is 7.00. The van der Waals surface area contributed by atoms with Gasteiger partial charge in [0, 0.05) is 5.56 Å². The van der Waals surface area contributed by atoms with Gasteiger partial charge in [0.05, 0.1) is 27.8 Å². The van der Waals surface area contributed by atoms with Gasteiger partial charge in [-0.15, -0.1) is 0 Å². The lowest BCUT2D eigenvalue weighted by Crippen LogP contribution is -2.06. The third-order valence-electron chi connectivity index (χ3n) is 3.93. The van der Waals surface area contributed by atoms with E-state index < -0.39 is 0 Å². The quantitative estimate of drug-likeness (QED) is 0.360. The number of fused-ring (bicyclic) bond motifs is 1. The largest absolute Gasteiger partial charge is 0.490 e. The first kappa shape index (κ1) is 18.3. The fraction of sp³-hybridized carbons (Fsp3) is 0.136. The zero-order valence-corrected chi connectivity index (χ0v) is 16.0. The van der Waals surface area contributed by atoms with Gasteiger partial charge < -0.3 is 4.74 Å². The Kier molecular flexibility index (Phi) is 5.52. The monoisotopic (exact) mass is 381 g/mol. The lowest BCUT2D eigenvalue weighted by atomic mass is 9.98. The van der Waals surface area contributed by atoms with E-state index in [2.05, 4.69) is 6.07 Å². The SMILES string of the molecule is CC(C)Oc1ccc2ccccc2c1/C=C(\C#N)c1ccc(Cl)c(Cl)c1.